The topological polar surface area (TPSA) is 29.3 Å². The molecule has 0 fully saturated rings. The van der Waals surface area contributed by atoms with Gasteiger partial charge in [0.25, 0.3) is 0 Å². The molecular formula is C45H33N3S. The summed E-state index contributed by atoms with van der Waals surface area (Å²) >= 11 is 1.88. The van der Waals surface area contributed by atoms with E-state index in [1.807, 2.05) is 17.4 Å². The molecule has 9 aromatic rings. The van der Waals surface area contributed by atoms with Gasteiger partial charge in [0, 0.05) is 44.0 Å². The maximum absolute atomic E-state index is 5.15. The number of nitrogens with zero attached hydrogens (tertiary/aromatic N) is 2. The lowest BCUT2D eigenvalue weighted by molar-refractivity contribution is 0.896. The molecule has 0 radical (unpaired) electrons. The van der Waals surface area contributed by atoms with Crippen LogP contribution in [0.15, 0.2) is 175 Å². The highest BCUT2D eigenvalue weighted by molar-refractivity contribution is 7.26. The predicted octanol–water partition coefficient (Wildman–Crippen LogP) is 11.6. The summed E-state index contributed by atoms with van der Waals surface area (Å²) in [6, 6.07) is 60.8. The van der Waals surface area contributed by atoms with Gasteiger partial charge in [0.2, 0.25) is 0 Å². The van der Waals surface area contributed by atoms with Crippen LogP contribution in [0.4, 0.5) is 0 Å². The third kappa shape index (κ3) is 5.46. The summed E-state index contributed by atoms with van der Waals surface area (Å²) in [4.78, 5) is 5.15. The van der Waals surface area contributed by atoms with Gasteiger partial charge < -0.3 is 9.88 Å². The lowest BCUT2D eigenvalue weighted by Gasteiger charge is -2.14. The highest BCUT2D eigenvalue weighted by Crippen LogP contribution is 2.43. The number of thiophene rings is 1. The van der Waals surface area contributed by atoms with Crippen molar-refractivity contribution in [3.05, 3.63) is 187 Å². The van der Waals surface area contributed by atoms with E-state index >= 15 is 0 Å². The van der Waals surface area contributed by atoms with Crippen LogP contribution in [0, 0.1) is 0 Å². The van der Waals surface area contributed by atoms with Crippen molar-refractivity contribution in [3.8, 4) is 16.8 Å². The Hall–Kier alpha value is -5.97. The van der Waals surface area contributed by atoms with Crippen LogP contribution in [0.25, 0.3) is 58.8 Å². The molecule has 234 valence electrons. The first-order valence-electron chi connectivity index (χ1n) is 16.7. The minimum absolute atomic E-state index is 0.599. The molecular weight excluding hydrogens is 615 g/mol. The fraction of sp³-hybridized carbons (Fsp3) is 0.0444. The van der Waals surface area contributed by atoms with E-state index in [4.69, 9.17) is 4.99 Å². The summed E-state index contributed by atoms with van der Waals surface area (Å²) in [6.07, 6.45) is 0. The molecule has 0 amide bonds. The number of nitrogens with one attached hydrogen (secondary N) is 1. The molecule has 0 atom stereocenters. The number of amidine groups is 1. The number of aliphatic imine (C=N–C) groups is 1. The normalized spacial score (nSPS) is 12.0. The fourth-order valence-electron chi connectivity index (χ4n) is 6.94. The van der Waals surface area contributed by atoms with Gasteiger partial charge in [0.1, 0.15) is 5.84 Å². The Labute approximate surface area is 289 Å². The molecule has 0 spiro atoms. The zero-order valence-corrected chi connectivity index (χ0v) is 27.7. The van der Waals surface area contributed by atoms with Crippen LogP contribution in [0.3, 0.4) is 0 Å². The second kappa shape index (κ2) is 12.6. The Bertz CT molecular complexity index is 2620. The molecule has 0 unspecified atom stereocenters. The molecule has 0 saturated heterocycles. The molecule has 0 aliphatic rings. The predicted molar refractivity (Wildman–Crippen MR) is 209 cm³/mol. The first kappa shape index (κ1) is 29.2. The van der Waals surface area contributed by atoms with E-state index < -0.39 is 0 Å². The highest BCUT2D eigenvalue weighted by Gasteiger charge is 2.19. The van der Waals surface area contributed by atoms with Gasteiger partial charge in [-0.15, -0.1) is 11.3 Å². The zero-order chi connectivity index (χ0) is 32.6. The van der Waals surface area contributed by atoms with Crippen molar-refractivity contribution in [2.45, 2.75) is 13.1 Å². The summed E-state index contributed by atoms with van der Waals surface area (Å²) in [5, 5.41) is 8.80. The lowest BCUT2D eigenvalue weighted by Crippen LogP contribution is -2.24. The fourth-order valence-corrected chi connectivity index (χ4v) is 8.18. The van der Waals surface area contributed by atoms with E-state index in [-0.39, 0.29) is 0 Å². The number of hydrogen-bond donors (Lipinski definition) is 1. The zero-order valence-electron chi connectivity index (χ0n) is 26.9. The Morgan fingerprint density at radius 3 is 2.08 bits per heavy atom. The molecule has 9 rings (SSSR count). The van der Waals surface area contributed by atoms with E-state index in [0.29, 0.717) is 13.1 Å². The third-order valence-corrected chi connectivity index (χ3v) is 10.5. The van der Waals surface area contributed by atoms with Gasteiger partial charge in [-0.1, -0.05) is 140 Å². The lowest BCUT2D eigenvalue weighted by atomic mass is 10.0. The van der Waals surface area contributed by atoms with Gasteiger partial charge in [0.15, 0.2) is 0 Å². The average Bonchev–Trinajstić information content (AvgIpc) is 3.72. The van der Waals surface area contributed by atoms with Crippen LogP contribution in [0.5, 0.6) is 0 Å². The van der Waals surface area contributed by atoms with Crippen molar-refractivity contribution in [3.63, 3.8) is 0 Å². The van der Waals surface area contributed by atoms with Gasteiger partial charge in [0.05, 0.1) is 22.3 Å². The Kier molecular flexibility index (Phi) is 7.49. The van der Waals surface area contributed by atoms with Crippen LogP contribution in [0.1, 0.15) is 16.7 Å². The van der Waals surface area contributed by atoms with Crippen molar-refractivity contribution in [2.75, 3.05) is 0 Å². The van der Waals surface area contributed by atoms with Gasteiger partial charge in [-0.2, -0.15) is 0 Å². The van der Waals surface area contributed by atoms with E-state index in [0.717, 1.165) is 17.1 Å². The van der Waals surface area contributed by atoms with Gasteiger partial charge >= 0.3 is 0 Å². The van der Waals surface area contributed by atoms with Gasteiger partial charge in [-0.25, -0.2) is 0 Å². The van der Waals surface area contributed by atoms with Crippen LogP contribution < -0.4 is 5.32 Å². The SMILES string of the molecule is c1ccc(CN=C(NCc2ccccc2)c2cccc(-n3c4ccc(-c5ccccc5)cc4c4ccc5c6ccccc6sc5c43)c2)cc1. The highest BCUT2D eigenvalue weighted by atomic mass is 32.1. The largest absolute Gasteiger partial charge is 0.366 e. The van der Waals surface area contributed by atoms with E-state index in [1.54, 1.807) is 0 Å². The van der Waals surface area contributed by atoms with Gasteiger partial charge in [-0.3, -0.25) is 4.99 Å². The molecule has 49 heavy (non-hydrogen) atoms. The average molecular weight is 648 g/mol. The molecule has 0 aliphatic carbocycles. The van der Waals surface area contributed by atoms with Crippen LogP contribution in [-0.2, 0) is 13.1 Å². The molecule has 1 N–H and O–H groups in total. The minimum atomic E-state index is 0.599. The number of benzene rings is 7. The number of fused-ring (bicyclic) bond motifs is 7. The quantitative estimate of drug-likeness (QED) is 0.135. The molecule has 2 heterocycles. The van der Waals surface area contributed by atoms with E-state index in [2.05, 4.69) is 174 Å². The molecule has 0 aliphatic heterocycles. The smallest absolute Gasteiger partial charge is 0.128 e. The van der Waals surface area contributed by atoms with E-state index in [1.165, 1.54) is 64.2 Å². The summed E-state index contributed by atoms with van der Waals surface area (Å²) in [6.45, 7) is 1.29. The monoisotopic (exact) mass is 647 g/mol. The minimum Gasteiger partial charge on any atom is -0.366 e. The van der Waals surface area contributed by atoms with E-state index in [9.17, 15) is 0 Å². The first-order chi connectivity index (χ1) is 24.3. The standard InChI is InChI=1S/C45H33N3S/c1-4-13-31(14-5-1)29-46-45(47-30-32-15-6-2-7-16-32)35-19-12-20-36(27-35)48-41-26-23-34(33-17-8-3-9-18-33)28-40(41)38-24-25-39-37-21-10-11-22-42(37)49-44(39)43(38)48/h1-28H,29-30H2,(H,46,47). The second-order valence-corrected chi connectivity index (χ2v) is 13.5. The molecule has 0 saturated carbocycles. The van der Waals surface area contributed by atoms with Crippen molar-refractivity contribution < 1.29 is 0 Å². The van der Waals surface area contributed by atoms with Crippen molar-refractivity contribution in [1.82, 2.24) is 9.88 Å². The van der Waals surface area contributed by atoms with Crippen molar-refractivity contribution >= 4 is 59.2 Å². The second-order valence-electron chi connectivity index (χ2n) is 12.4. The molecule has 0 bridgehead atoms. The first-order valence-corrected chi connectivity index (χ1v) is 17.5. The summed E-state index contributed by atoms with van der Waals surface area (Å²) in [7, 11) is 0. The van der Waals surface area contributed by atoms with Crippen molar-refractivity contribution in [1.29, 1.82) is 0 Å². The molecule has 7 aromatic carbocycles. The Morgan fingerprint density at radius 2 is 1.27 bits per heavy atom. The summed E-state index contributed by atoms with van der Waals surface area (Å²) in [5.74, 6) is 0.883. The maximum Gasteiger partial charge on any atom is 0.128 e. The molecule has 4 heteroatoms. The number of rotatable bonds is 7. The Morgan fingerprint density at radius 1 is 0.551 bits per heavy atom. The third-order valence-electron chi connectivity index (χ3n) is 9.32. The number of aromatic nitrogens is 1. The van der Waals surface area contributed by atoms with Crippen LogP contribution in [-0.4, -0.2) is 10.4 Å². The van der Waals surface area contributed by atoms with Crippen LogP contribution in [0.2, 0.25) is 0 Å². The Balaban J connectivity index is 1.24. The summed E-state index contributed by atoms with van der Waals surface area (Å²) in [5.41, 5.74) is 9.45. The van der Waals surface area contributed by atoms with Gasteiger partial charge in [-0.05, 0) is 52.6 Å². The van der Waals surface area contributed by atoms with Crippen molar-refractivity contribution in [2.24, 2.45) is 4.99 Å². The maximum atomic E-state index is 5.15. The molecule has 3 nitrogen and oxygen atoms in total. The number of hydrogen-bond acceptors (Lipinski definition) is 2. The summed E-state index contributed by atoms with van der Waals surface area (Å²) < 4.78 is 5.08. The molecule has 2 aromatic heterocycles. The van der Waals surface area contributed by atoms with Crippen LogP contribution >= 0.6 is 11.3 Å².